The molecule has 2 rings (SSSR count). The number of amides is 2. The number of thiophene rings is 1. The lowest BCUT2D eigenvalue weighted by molar-refractivity contribution is 0.0698. The van der Waals surface area contributed by atoms with Gasteiger partial charge in [-0.1, -0.05) is 19.8 Å². The third-order valence-corrected chi connectivity index (χ3v) is 4.47. The van der Waals surface area contributed by atoms with Crippen molar-refractivity contribution in [3.8, 4) is 0 Å². The Balaban J connectivity index is 2.02. The lowest BCUT2D eigenvalue weighted by Gasteiger charge is -2.12. The topological polar surface area (TPSA) is 78.4 Å². The van der Waals surface area contributed by atoms with Crippen LogP contribution < -0.4 is 10.6 Å². The summed E-state index contributed by atoms with van der Waals surface area (Å²) in [6.45, 7) is 1.96. The molecule has 0 aromatic carbocycles. The third-order valence-electron chi connectivity index (χ3n) is 3.28. The van der Waals surface area contributed by atoms with Gasteiger partial charge in [-0.05, 0) is 25.3 Å². The number of nitrogens with one attached hydrogen (secondary N) is 2. The number of rotatable bonds is 4. The smallest absolute Gasteiger partial charge is 0.338 e. The van der Waals surface area contributed by atoms with Crippen LogP contribution in [0.25, 0.3) is 0 Å². The van der Waals surface area contributed by atoms with Gasteiger partial charge in [0.1, 0.15) is 5.00 Å². The zero-order valence-electron chi connectivity index (χ0n) is 10.9. The normalized spacial score (nSPS) is 15.4. The molecule has 0 unspecified atom stereocenters. The standard InChI is InChI=1S/C13H18N2O3S/c1-2-9-7-10(12(16)17)11(19-9)15-13(18)14-8-5-3-4-6-8/h7-8H,2-6H2,1H3,(H,16,17)(H2,14,15,18). The van der Waals surface area contributed by atoms with Crippen molar-refractivity contribution in [1.29, 1.82) is 0 Å². The van der Waals surface area contributed by atoms with E-state index in [0.29, 0.717) is 5.00 Å². The van der Waals surface area contributed by atoms with E-state index in [-0.39, 0.29) is 17.6 Å². The molecular weight excluding hydrogens is 264 g/mol. The summed E-state index contributed by atoms with van der Waals surface area (Å²) in [5, 5.41) is 15.1. The van der Waals surface area contributed by atoms with Crippen molar-refractivity contribution in [2.24, 2.45) is 0 Å². The second-order valence-corrected chi connectivity index (χ2v) is 5.83. The van der Waals surface area contributed by atoms with Gasteiger partial charge in [-0.25, -0.2) is 9.59 Å². The number of aryl methyl sites for hydroxylation is 1. The highest BCUT2D eigenvalue weighted by atomic mass is 32.1. The van der Waals surface area contributed by atoms with Crippen LogP contribution in [0, 0.1) is 0 Å². The van der Waals surface area contributed by atoms with E-state index in [0.717, 1.165) is 37.0 Å². The lowest BCUT2D eigenvalue weighted by atomic mass is 10.2. The number of carboxylic acids is 1. The maximum Gasteiger partial charge on any atom is 0.338 e. The van der Waals surface area contributed by atoms with Gasteiger partial charge >= 0.3 is 12.0 Å². The van der Waals surface area contributed by atoms with Crippen molar-refractivity contribution in [1.82, 2.24) is 5.32 Å². The fraction of sp³-hybridized carbons (Fsp3) is 0.538. The summed E-state index contributed by atoms with van der Waals surface area (Å²) >= 11 is 1.32. The number of carboxylic acid groups (broad SMARTS) is 1. The van der Waals surface area contributed by atoms with Crippen molar-refractivity contribution in [3.63, 3.8) is 0 Å². The van der Waals surface area contributed by atoms with Crippen molar-refractivity contribution in [2.45, 2.75) is 45.1 Å². The van der Waals surface area contributed by atoms with Crippen LogP contribution >= 0.6 is 11.3 Å². The Bertz CT molecular complexity index is 478. The molecule has 1 aromatic rings. The first-order valence-corrected chi connectivity index (χ1v) is 7.35. The zero-order valence-corrected chi connectivity index (χ0v) is 11.7. The second kappa shape index (κ2) is 6.06. The van der Waals surface area contributed by atoms with Crippen molar-refractivity contribution in [3.05, 3.63) is 16.5 Å². The van der Waals surface area contributed by atoms with Crippen LogP contribution in [0.3, 0.4) is 0 Å². The molecule has 1 fully saturated rings. The summed E-state index contributed by atoms with van der Waals surface area (Å²) in [5.74, 6) is -1.01. The molecule has 1 saturated carbocycles. The van der Waals surface area contributed by atoms with Crippen molar-refractivity contribution < 1.29 is 14.7 Å². The Hall–Kier alpha value is -1.56. The van der Waals surface area contributed by atoms with Gasteiger partial charge in [0.15, 0.2) is 0 Å². The van der Waals surface area contributed by atoms with Crippen LogP contribution in [-0.4, -0.2) is 23.1 Å². The van der Waals surface area contributed by atoms with Gasteiger partial charge in [-0.15, -0.1) is 11.3 Å². The second-order valence-electron chi connectivity index (χ2n) is 4.69. The first-order valence-electron chi connectivity index (χ1n) is 6.53. The maximum absolute atomic E-state index is 11.8. The van der Waals surface area contributed by atoms with E-state index in [1.54, 1.807) is 6.07 Å². The lowest BCUT2D eigenvalue weighted by Crippen LogP contribution is -2.36. The predicted octanol–water partition coefficient (Wildman–Crippen LogP) is 3.07. The third kappa shape index (κ3) is 3.47. The van der Waals surface area contributed by atoms with E-state index in [9.17, 15) is 9.59 Å². The maximum atomic E-state index is 11.8. The Morgan fingerprint density at radius 1 is 1.42 bits per heavy atom. The summed E-state index contributed by atoms with van der Waals surface area (Å²) in [4.78, 5) is 23.9. The van der Waals surface area contributed by atoms with Gasteiger partial charge in [-0.2, -0.15) is 0 Å². The van der Waals surface area contributed by atoms with E-state index in [2.05, 4.69) is 10.6 Å². The van der Waals surface area contributed by atoms with E-state index >= 15 is 0 Å². The van der Waals surface area contributed by atoms with Crippen molar-refractivity contribution in [2.75, 3.05) is 5.32 Å². The van der Waals surface area contributed by atoms with Gasteiger partial charge in [0.2, 0.25) is 0 Å². The highest BCUT2D eigenvalue weighted by molar-refractivity contribution is 7.16. The molecule has 1 heterocycles. The minimum atomic E-state index is -1.01. The van der Waals surface area contributed by atoms with Gasteiger partial charge in [0, 0.05) is 10.9 Å². The fourth-order valence-electron chi connectivity index (χ4n) is 2.26. The molecule has 3 N–H and O–H groups in total. The first kappa shape index (κ1) is 13.9. The van der Waals surface area contributed by atoms with Crippen molar-refractivity contribution >= 4 is 28.3 Å². The predicted molar refractivity (Wildman–Crippen MR) is 75.1 cm³/mol. The fourth-order valence-corrected chi connectivity index (χ4v) is 3.25. The molecule has 1 aromatic heterocycles. The quantitative estimate of drug-likeness (QED) is 0.794. The number of hydrogen-bond acceptors (Lipinski definition) is 3. The number of anilines is 1. The zero-order chi connectivity index (χ0) is 13.8. The van der Waals surface area contributed by atoms with Crippen LogP contribution in [0.5, 0.6) is 0 Å². The molecule has 0 aliphatic heterocycles. The average molecular weight is 282 g/mol. The van der Waals surface area contributed by atoms with E-state index in [1.807, 2.05) is 6.92 Å². The summed E-state index contributed by atoms with van der Waals surface area (Å²) < 4.78 is 0. The molecule has 1 aliphatic rings. The summed E-state index contributed by atoms with van der Waals surface area (Å²) in [6.07, 6.45) is 5.05. The minimum Gasteiger partial charge on any atom is -0.478 e. The Morgan fingerprint density at radius 2 is 2.11 bits per heavy atom. The molecule has 104 valence electrons. The molecule has 5 nitrogen and oxygen atoms in total. The first-order chi connectivity index (χ1) is 9.10. The van der Waals surface area contributed by atoms with Gasteiger partial charge in [-0.3, -0.25) is 5.32 Å². The highest BCUT2D eigenvalue weighted by Gasteiger charge is 2.20. The monoisotopic (exact) mass is 282 g/mol. The molecule has 0 spiro atoms. The number of carbonyl (C=O) groups is 2. The van der Waals surface area contributed by atoms with Gasteiger partial charge < -0.3 is 10.4 Å². The molecule has 0 radical (unpaired) electrons. The van der Waals surface area contributed by atoms with Crippen LogP contribution in [0.4, 0.5) is 9.80 Å². The Labute approximate surface area is 116 Å². The van der Waals surface area contributed by atoms with Gasteiger partial charge in [0.05, 0.1) is 5.56 Å². The Kier molecular flexibility index (Phi) is 4.42. The van der Waals surface area contributed by atoms with Crippen LogP contribution in [0.1, 0.15) is 47.8 Å². The molecule has 19 heavy (non-hydrogen) atoms. The number of aromatic carboxylic acids is 1. The molecule has 2 amide bonds. The molecule has 6 heteroatoms. The molecule has 0 bridgehead atoms. The number of hydrogen-bond donors (Lipinski definition) is 3. The highest BCUT2D eigenvalue weighted by Crippen LogP contribution is 2.28. The summed E-state index contributed by atoms with van der Waals surface area (Å²) in [6, 6.07) is 1.54. The Morgan fingerprint density at radius 3 is 2.68 bits per heavy atom. The minimum absolute atomic E-state index is 0.170. The molecule has 0 atom stereocenters. The van der Waals surface area contributed by atoms with E-state index < -0.39 is 5.97 Å². The van der Waals surface area contributed by atoms with E-state index in [4.69, 9.17) is 5.11 Å². The molecular formula is C13H18N2O3S. The number of carbonyl (C=O) groups excluding carboxylic acids is 1. The van der Waals surface area contributed by atoms with E-state index in [1.165, 1.54) is 11.3 Å². The van der Waals surface area contributed by atoms with Crippen LogP contribution in [0.15, 0.2) is 6.07 Å². The molecule has 0 saturated heterocycles. The van der Waals surface area contributed by atoms with Crippen LogP contribution in [-0.2, 0) is 6.42 Å². The van der Waals surface area contributed by atoms with Gasteiger partial charge in [0.25, 0.3) is 0 Å². The summed E-state index contributed by atoms with van der Waals surface area (Å²) in [7, 11) is 0. The SMILES string of the molecule is CCc1cc(C(=O)O)c(NC(=O)NC2CCCC2)s1. The summed E-state index contributed by atoms with van der Waals surface area (Å²) in [5.41, 5.74) is 0.170. The molecule has 1 aliphatic carbocycles. The number of urea groups is 1. The van der Waals surface area contributed by atoms with Crippen LogP contribution in [0.2, 0.25) is 0 Å². The average Bonchev–Trinajstić information content (AvgIpc) is 2.98. The largest absolute Gasteiger partial charge is 0.478 e.